The number of hydrogen-bond donors (Lipinski definition) is 1. The molecular formula is C25H30N6O. The Morgan fingerprint density at radius 2 is 1.88 bits per heavy atom. The molecule has 0 spiro atoms. The highest BCUT2D eigenvalue weighted by molar-refractivity contribution is 5.84. The largest absolute Gasteiger partial charge is 0.411 e. The lowest BCUT2D eigenvalue weighted by Crippen LogP contribution is -2.34. The summed E-state index contributed by atoms with van der Waals surface area (Å²) in [4.78, 5) is 12.8. The van der Waals surface area contributed by atoms with E-state index in [0.717, 1.165) is 61.7 Å². The Labute approximate surface area is 190 Å². The highest BCUT2D eigenvalue weighted by atomic mass is 16.4. The van der Waals surface area contributed by atoms with Crippen LogP contribution in [0, 0.1) is 28.6 Å². The second-order valence-electron chi connectivity index (χ2n) is 9.21. The summed E-state index contributed by atoms with van der Waals surface area (Å²) in [5, 5.41) is 21.3. The number of aromatic nitrogens is 2. The zero-order chi connectivity index (χ0) is 23.0. The lowest BCUT2D eigenvalue weighted by atomic mass is 9.95. The van der Waals surface area contributed by atoms with E-state index in [9.17, 15) is 0 Å². The van der Waals surface area contributed by atoms with Gasteiger partial charge in [0.1, 0.15) is 11.9 Å². The van der Waals surface area contributed by atoms with Crippen LogP contribution in [0.5, 0.6) is 0 Å². The van der Waals surface area contributed by atoms with Gasteiger partial charge in [0.05, 0.1) is 12.3 Å². The summed E-state index contributed by atoms with van der Waals surface area (Å²) >= 11 is 0. The average molecular weight is 431 g/mol. The van der Waals surface area contributed by atoms with E-state index in [4.69, 9.17) is 10.5 Å². The number of hydrogen-bond acceptors (Lipinski definition) is 7. The zero-order valence-corrected chi connectivity index (χ0v) is 19.0. The SMILES string of the molecule is CC(C)(C)CN(Cc1ccc(C#CCN2CCC(=NO)CC2)cc1)c1ccnc(C#N)n1. The summed E-state index contributed by atoms with van der Waals surface area (Å²) in [5.41, 5.74) is 3.08. The van der Waals surface area contributed by atoms with Crippen LogP contribution in [0.1, 0.15) is 50.6 Å². The molecule has 2 aromatic rings. The minimum absolute atomic E-state index is 0.0709. The van der Waals surface area contributed by atoms with Gasteiger partial charge in [0.25, 0.3) is 0 Å². The van der Waals surface area contributed by atoms with Gasteiger partial charge in [-0.1, -0.05) is 49.9 Å². The van der Waals surface area contributed by atoms with Crippen LogP contribution in [0.25, 0.3) is 0 Å². The van der Waals surface area contributed by atoms with Crippen molar-refractivity contribution in [2.75, 3.05) is 31.1 Å². The molecule has 0 saturated carbocycles. The van der Waals surface area contributed by atoms with Crippen LogP contribution in [-0.2, 0) is 6.54 Å². The third-order valence-corrected chi connectivity index (χ3v) is 5.17. The van der Waals surface area contributed by atoms with Crippen molar-refractivity contribution in [1.29, 1.82) is 5.26 Å². The number of likely N-dealkylation sites (tertiary alicyclic amines) is 1. The fraction of sp³-hybridized carbons (Fsp3) is 0.440. The van der Waals surface area contributed by atoms with Crippen LogP contribution in [0.2, 0.25) is 0 Å². The fourth-order valence-corrected chi connectivity index (χ4v) is 3.61. The van der Waals surface area contributed by atoms with E-state index in [-0.39, 0.29) is 11.2 Å². The van der Waals surface area contributed by atoms with Crippen molar-refractivity contribution in [3.63, 3.8) is 0 Å². The monoisotopic (exact) mass is 430 g/mol. The van der Waals surface area contributed by atoms with Gasteiger partial charge in [-0.2, -0.15) is 5.26 Å². The van der Waals surface area contributed by atoms with Gasteiger partial charge in [0, 0.05) is 50.8 Å². The predicted octanol–water partition coefficient (Wildman–Crippen LogP) is 3.68. The summed E-state index contributed by atoms with van der Waals surface area (Å²) in [5.74, 6) is 7.43. The van der Waals surface area contributed by atoms with Gasteiger partial charge in [-0.15, -0.1) is 0 Å². The molecule has 2 heterocycles. The van der Waals surface area contributed by atoms with Crippen molar-refractivity contribution >= 4 is 11.5 Å². The molecular weight excluding hydrogens is 400 g/mol. The maximum Gasteiger partial charge on any atom is 0.234 e. The van der Waals surface area contributed by atoms with Crippen molar-refractivity contribution in [3.8, 4) is 17.9 Å². The second kappa shape index (κ2) is 10.7. The molecule has 0 bridgehead atoms. The van der Waals surface area contributed by atoms with E-state index >= 15 is 0 Å². The summed E-state index contributed by atoms with van der Waals surface area (Å²) in [6.45, 7) is 10.5. The summed E-state index contributed by atoms with van der Waals surface area (Å²) in [6, 6.07) is 12.2. The molecule has 0 unspecified atom stereocenters. The van der Waals surface area contributed by atoms with E-state index in [1.807, 2.05) is 24.3 Å². The molecule has 3 rings (SSSR count). The molecule has 1 N–H and O–H groups in total. The number of oxime groups is 1. The molecule has 0 amide bonds. The second-order valence-corrected chi connectivity index (χ2v) is 9.21. The molecule has 0 aliphatic carbocycles. The number of benzene rings is 1. The molecule has 32 heavy (non-hydrogen) atoms. The highest BCUT2D eigenvalue weighted by Gasteiger charge is 2.19. The molecule has 1 aliphatic heterocycles. The van der Waals surface area contributed by atoms with Crippen LogP contribution in [0.3, 0.4) is 0 Å². The molecule has 0 atom stereocenters. The number of piperidine rings is 1. The quantitative estimate of drug-likeness (QED) is 0.442. The average Bonchev–Trinajstić information content (AvgIpc) is 2.79. The molecule has 0 radical (unpaired) electrons. The molecule has 1 aliphatic rings. The van der Waals surface area contributed by atoms with Crippen LogP contribution in [0.4, 0.5) is 5.82 Å². The van der Waals surface area contributed by atoms with Gasteiger partial charge in [0.2, 0.25) is 5.82 Å². The van der Waals surface area contributed by atoms with Crippen molar-refractivity contribution in [2.45, 2.75) is 40.2 Å². The minimum atomic E-state index is 0.0709. The molecule has 7 nitrogen and oxygen atoms in total. The third-order valence-electron chi connectivity index (χ3n) is 5.17. The predicted molar refractivity (Wildman–Crippen MR) is 125 cm³/mol. The highest BCUT2D eigenvalue weighted by Crippen LogP contribution is 2.22. The fourth-order valence-electron chi connectivity index (χ4n) is 3.61. The Morgan fingerprint density at radius 1 is 1.16 bits per heavy atom. The third kappa shape index (κ3) is 7.08. The van der Waals surface area contributed by atoms with Gasteiger partial charge in [0.15, 0.2) is 0 Å². The summed E-state index contributed by atoms with van der Waals surface area (Å²) in [7, 11) is 0. The Morgan fingerprint density at radius 3 is 2.50 bits per heavy atom. The molecule has 1 saturated heterocycles. The van der Waals surface area contributed by atoms with Gasteiger partial charge < -0.3 is 10.1 Å². The minimum Gasteiger partial charge on any atom is -0.411 e. The standard InChI is InChI=1S/C25H30N6O/c1-25(2,3)19-31(24-10-13-27-23(17-26)28-24)18-21-8-6-20(7-9-21)5-4-14-30-15-11-22(29-32)12-16-30/h6-10,13,32H,11-12,14-16,18-19H2,1-3H3. The van der Waals surface area contributed by atoms with Gasteiger partial charge in [-0.05, 0) is 29.2 Å². The first-order valence-electron chi connectivity index (χ1n) is 10.8. The lowest BCUT2D eigenvalue weighted by molar-refractivity contribution is 0.285. The zero-order valence-electron chi connectivity index (χ0n) is 19.0. The van der Waals surface area contributed by atoms with Gasteiger partial charge in [-0.25, -0.2) is 9.97 Å². The van der Waals surface area contributed by atoms with E-state index in [1.165, 1.54) is 0 Å². The maximum absolute atomic E-state index is 9.15. The number of nitriles is 1. The van der Waals surface area contributed by atoms with E-state index < -0.39 is 0 Å². The van der Waals surface area contributed by atoms with Crippen LogP contribution in [-0.4, -0.2) is 52.0 Å². The summed E-state index contributed by atoms with van der Waals surface area (Å²) < 4.78 is 0. The van der Waals surface area contributed by atoms with Crippen molar-refractivity contribution in [2.24, 2.45) is 10.6 Å². The molecule has 1 aromatic heterocycles. The summed E-state index contributed by atoms with van der Waals surface area (Å²) in [6.07, 6.45) is 3.25. The molecule has 1 aromatic carbocycles. The Kier molecular flexibility index (Phi) is 7.81. The lowest BCUT2D eigenvalue weighted by Gasteiger charge is -2.31. The van der Waals surface area contributed by atoms with E-state index in [0.29, 0.717) is 6.54 Å². The Bertz CT molecular complexity index is 1030. The molecule has 7 heteroatoms. The first-order valence-corrected chi connectivity index (χ1v) is 10.8. The number of rotatable bonds is 5. The van der Waals surface area contributed by atoms with E-state index in [1.54, 1.807) is 6.20 Å². The molecule has 166 valence electrons. The number of anilines is 1. The van der Waals surface area contributed by atoms with Crippen LogP contribution >= 0.6 is 0 Å². The first-order chi connectivity index (χ1) is 15.4. The Hall–Kier alpha value is -3.42. The smallest absolute Gasteiger partial charge is 0.234 e. The van der Waals surface area contributed by atoms with Gasteiger partial charge in [-0.3, -0.25) is 4.90 Å². The topological polar surface area (TPSA) is 88.6 Å². The van der Waals surface area contributed by atoms with E-state index in [2.05, 4.69) is 69.7 Å². The maximum atomic E-state index is 9.15. The van der Waals surface area contributed by atoms with Crippen molar-refractivity contribution < 1.29 is 5.21 Å². The number of nitrogens with zero attached hydrogens (tertiary/aromatic N) is 6. The Balaban J connectivity index is 1.64. The van der Waals surface area contributed by atoms with Crippen LogP contribution < -0.4 is 4.90 Å². The first kappa shape index (κ1) is 23.2. The normalized spacial score (nSPS) is 14.2. The molecule has 1 fully saturated rings. The van der Waals surface area contributed by atoms with Gasteiger partial charge >= 0.3 is 0 Å². The van der Waals surface area contributed by atoms with Crippen molar-refractivity contribution in [3.05, 3.63) is 53.5 Å². The van der Waals surface area contributed by atoms with Crippen molar-refractivity contribution in [1.82, 2.24) is 14.9 Å². The van der Waals surface area contributed by atoms with Crippen LogP contribution in [0.15, 0.2) is 41.7 Å².